The van der Waals surface area contributed by atoms with Crippen molar-refractivity contribution in [1.82, 2.24) is 5.32 Å². The second kappa shape index (κ2) is 6.65. The predicted molar refractivity (Wildman–Crippen MR) is 61.7 cm³/mol. The van der Waals surface area contributed by atoms with Gasteiger partial charge in [0, 0.05) is 12.1 Å². The number of aliphatic carboxylic acids is 1. The van der Waals surface area contributed by atoms with E-state index in [9.17, 15) is 14.7 Å². The van der Waals surface area contributed by atoms with E-state index < -0.39 is 12.1 Å². The van der Waals surface area contributed by atoms with Crippen LogP contribution >= 0.6 is 0 Å². The van der Waals surface area contributed by atoms with E-state index in [0.717, 1.165) is 0 Å². The minimum atomic E-state index is -1.05. The summed E-state index contributed by atoms with van der Waals surface area (Å²) in [6.45, 7) is 0.252. The average molecular weight is 237 g/mol. The number of rotatable bonds is 6. The molecule has 0 spiro atoms. The number of carbonyl (C=O) groups excluding carboxylic acids is 1. The number of hydrogen-bond acceptors (Lipinski definition) is 3. The first-order chi connectivity index (χ1) is 8.09. The van der Waals surface area contributed by atoms with E-state index in [0.29, 0.717) is 5.56 Å². The smallest absolute Gasteiger partial charge is 0.305 e. The largest absolute Gasteiger partial charge is 0.481 e. The molecule has 0 aliphatic carbocycles. The van der Waals surface area contributed by atoms with Crippen LogP contribution in [0.1, 0.15) is 23.2 Å². The van der Waals surface area contributed by atoms with Gasteiger partial charge in [0.2, 0.25) is 0 Å². The summed E-state index contributed by atoms with van der Waals surface area (Å²) in [5.74, 6) is -1.28. The van der Waals surface area contributed by atoms with Crippen LogP contribution in [-0.2, 0) is 4.79 Å². The summed E-state index contributed by atoms with van der Waals surface area (Å²) < 4.78 is 0. The van der Waals surface area contributed by atoms with Crippen molar-refractivity contribution < 1.29 is 19.8 Å². The number of nitrogens with one attached hydrogen (secondary N) is 1. The minimum absolute atomic E-state index is 0.227. The van der Waals surface area contributed by atoms with Crippen molar-refractivity contribution >= 4 is 11.9 Å². The molecule has 0 fully saturated rings. The first-order valence-corrected chi connectivity index (χ1v) is 5.32. The van der Waals surface area contributed by atoms with Crippen LogP contribution < -0.4 is 5.32 Å². The molecule has 1 atom stereocenters. The number of aliphatic hydroxyl groups is 1. The molecule has 1 aromatic carbocycles. The zero-order chi connectivity index (χ0) is 12.7. The fourth-order valence-corrected chi connectivity index (χ4v) is 1.35. The maximum atomic E-state index is 11.5. The van der Waals surface area contributed by atoms with Gasteiger partial charge in [0.15, 0.2) is 0 Å². The molecule has 0 aromatic heterocycles. The van der Waals surface area contributed by atoms with Crippen molar-refractivity contribution in [3.05, 3.63) is 35.9 Å². The Morgan fingerprint density at radius 3 is 2.47 bits per heavy atom. The van der Waals surface area contributed by atoms with E-state index in [1.807, 2.05) is 6.07 Å². The Bertz CT molecular complexity index is 377. The highest BCUT2D eigenvalue weighted by atomic mass is 16.4. The monoisotopic (exact) mass is 237 g/mol. The fraction of sp³-hybridized carbons (Fsp3) is 0.333. The standard InChI is InChI=1S/C12H15NO4/c14-10(8-11(15)16)6-7-13-12(17)9-4-2-1-3-5-9/h1-5,10,14H,6-8H2,(H,13,17)(H,15,16)/t10-/m1/s1. The van der Waals surface area contributed by atoms with Crippen LogP contribution in [0, 0.1) is 0 Å². The Balaban J connectivity index is 2.28. The lowest BCUT2D eigenvalue weighted by molar-refractivity contribution is -0.139. The van der Waals surface area contributed by atoms with E-state index in [4.69, 9.17) is 5.11 Å². The van der Waals surface area contributed by atoms with Crippen molar-refractivity contribution in [3.63, 3.8) is 0 Å². The van der Waals surface area contributed by atoms with Crippen LogP contribution in [0.4, 0.5) is 0 Å². The van der Waals surface area contributed by atoms with Gasteiger partial charge in [-0.3, -0.25) is 9.59 Å². The first-order valence-electron chi connectivity index (χ1n) is 5.32. The van der Waals surface area contributed by atoms with Crippen molar-refractivity contribution in [2.24, 2.45) is 0 Å². The molecule has 0 aliphatic heterocycles. The van der Waals surface area contributed by atoms with Crippen LogP contribution in [0.2, 0.25) is 0 Å². The third kappa shape index (κ3) is 5.12. The number of aliphatic hydroxyl groups excluding tert-OH is 1. The normalized spacial score (nSPS) is 11.8. The summed E-state index contributed by atoms with van der Waals surface area (Å²) in [5.41, 5.74) is 0.542. The summed E-state index contributed by atoms with van der Waals surface area (Å²) in [7, 11) is 0. The third-order valence-electron chi connectivity index (χ3n) is 2.21. The minimum Gasteiger partial charge on any atom is -0.481 e. The molecule has 0 heterocycles. The topological polar surface area (TPSA) is 86.6 Å². The lowest BCUT2D eigenvalue weighted by Gasteiger charge is -2.08. The van der Waals surface area contributed by atoms with Gasteiger partial charge in [-0.1, -0.05) is 18.2 Å². The Kier molecular flexibility index (Phi) is 5.16. The Hall–Kier alpha value is -1.88. The molecule has 0 aliphatic rings. The molecule has 5 nitrogen and oxygen atoms in total. The number of amides is 1. The van der Waals surface area contributed by atoms with Gasteiger partial charge >= 0.3 is 5.97 Å². The summed E-state index contributed by atoms with van der Waals surface area (Å²) in [5, 5.41) is 20.3. The lowest BCUT2D eigenvalue weighted by atomic mass is 10.2. The first kappa shape index (κ1) is 13.2. The molecule has 5 heteroatoms. The maximum absolute atomic E-state index is 11.5. The molecule has 92 valence electrons. The fourth-order valence-electron chi connectivity index (χ4n) is 1.35. The van der Waals surface area contributed by atoms with E-state index in [-0.39, 0.29) is 25.3 Å². The second-order valence-electron chi connectivity index (χ2n) is 3.66. The summed E-state index contributed by atoms with van der Waals surface area (Å²) >= 11 is 0. The number of hydrogen-bond donors (Lipinski definition) is 3. The van der Waals surface area contributed by atoms with E-state index >= 15 is 0 Å². The molecule has 1 aromatic rings. The molecule has 0 radical (unpaired) electrons. The highest BCUT2D eigenvalue weighted by Crippen LogP contribution is 1.99. The molecule has 0 saturated carbocycles. The average Bonchev–Trinajstić information content (AvgIpc) is 2.29. The molecular weight excluding hydrogens is 222 g/mol. The molecule has 17 heavy (non-hydrogen) atoms. The predicted octanol–water partition coefficient (Wildman–Crippen LogP) is 0.642. The Morgan fingerprint density at radius 2 is 1.88 bits per heavy atom. The Morgan fingerprint density at radius 1 is 1.24 bits per heavy atom. The summed E-state index contributed by atoms with van der Waals surface area (Å²) in [4.78, 5) is 21.8. The van der Waals surface area contributed by atoms with Crippen molar-refractivity contribution in [3.8, 4) is 0 Å². The SMILES string of the molecule is O=C(O)C[C@H](O)CCNC(=O)c1ccccc1. The molecule has 3 N–H and O–H groups in total. The van der Waals surface area contributed by atoms with Crippen LogP contribution in [0.3, 0.4) is 0 Å². The molecule has 0 saturated heterocycles. The summed E-state index contributed by atoms with van der Waals surface area (Å²) in [6, 6.07) is 8.70. The van der Waals surface area contributed by atoms with Crippen molar-refractivity contribution in [1.29, 1.82) is 0 Å². The van der Waals surface area contributed by atoms with Crippen LogP contribution in [0.15, 0.2) is 30.3 Å². The van der Waals surface area contributed by atoms with Gasteiger partial charge in [0.1, 0.15) is 0 Å². The second-order valence-corrected chi connectivity index (χ2v) is 3.66. The van der Waals surface area contributed by atoms with Crippen LogP contribution in [0.5, 0.6) is 0 Å². The van der Waals surface area contributed by atoms with Crippen LogP contribution in [-0.4, -0.2) is 34.7 Å². The van der Waals surface area contributed by atoms with Crippen LogP contribution in [0.25, 0.3) is 0 Å². The van der Waals surface area contributed by atoms with E-state index in [1.165, 1.54) is 0 Å². The van der Waals surface area contributed by atoms with Crippen molar-refractivity contribution in [2.75, 3.05) is 6.54 Å². The third-order valence-corrected chi connectivity index (χ3v) is 2.21. The number of carbonyl (C=O) groups is 2. The number of carboxylic acid groups (broad SMARTS) is 1. The molecule has 1 amide bonds. The molecule has 1 rings (SSSR count). The lowest BCUT2D eigenvalue weighted by Crippen LogP contribution is -2.27. The zero-order valence-electron chi connectivity index (χ0n) is 9.30. The molecule has 0 bridgehead atoms. The van der Waals surface area contributed by atoms with E-state index in [1.54, 1.807) is 24.3 Å². The number of benzene rings is 1. The van der Waals surface area contributed by atoms with Gasteiger partial charge in [-0.05, 0) is 18.6 Å². The highest BCUT2D eigenvalue weighted by molar-refractivity contribution is 5.94. The van der Waals surface area contributed by atoms with Gasteiger partial charge in [0.05, 0.1) is 12.5 Å². The van der Waals surface area contributed by atoms with Gasteiger partial charge < -0.3 is 15.5 Å². The maximum Gasteiger partial charge on any atom is 0.305 e. The quantitative estimate of drug-likeness (QED) is 0.677. The van der Waals surface area contributed by atoms with Crippen molar-refractivity contribution in [2.45, 2.75) is 18.9 Å². The van der Waals surface area contributed by atoms with Gasteiger partial charge in [-0.25, -0.2) is 0 Å². The van der Waals surface area contributed by atoms with Gasteiger partial charge in [-0.15, -0.1) is 0 Å². The molecule has 0 unspecified atom stereocenters. The zero-order valence-corrected chi connectivity index (χ0v) is 9.30. The van der Waals surface area contributed by atoms with E-state index in [2.05, 4.69) is 5.32 Å². The summed E-state index contributed by atoms with van der Waals surface area (Å²) in [6.07, 6.45) is -1.00. The Labute approximate surface area is 99.1 Å². The highest BCUT2D eigenvalue weighted by Gasteiger charge is 2.10. The van der Waals surface area contributed by atoms with Gasteiger partial charge in [0.25, 0.3) is 5.91 Å². The molecular formula is C12H15NO4. The van der Waals surface area contributed by atoms with Gasteiger partial charge in [-0.2, -0.15) is 0 Å². The number of carboxylic acids is 1.